The van der Waals surface area contributed by atoms with E-state index in [4.69, 9.17) is 0 Å². The second-order valence-electron chi connectivity index (χ2n) is 6.01. The van der Waals surface area contributed by atoms with Gasteiger partial charge in [-0.3, -0.25) is 9.69 Å². The van der Waals surface area contributed by atoms with Gasteiger partial charge in [0, 0.05) is 17.8 Å². The smallest absolute Gasteiger partial charge is 0.237 e. The molecule has 3 atom stereocenters. The van der Waals surface area contributed by atoms with Crippen molar-refractivity contribution < 1.29 is 14.3 Å². The lowest BCUT2D eigenvalue weighted by molar-refractivity contribution is -0.126. The molecular weight excluding hydrogens is 315 g/mol. The Hall–Kier alpha value is -1.11. The number of hydrogen-bond acceptors (Lipinski definition) is 4. The number of carbonyl (C=O) groups excluding carboxylic acids is 1. The molecule has 0 aromatic heterocycles. The van der Waals surface area contributed by atoms with Crippen LogP contribution in [0.15, 0.2) is 24.3 Å². The number of aliphatic hydroxyl groups is 1. The lowest BCUT2D eigenvalue weighted by Gasteiger charge is -2.27. The Kier molecular flexibility index (Phi) is 6.87. The molecule has 1 saturated heterocycles. The summed E-state index contributed by atoms with van der Waals surface area (Å²) in [5, 5.41) is 12.4. The van der Waals surface area contributed by atoms with E-state index in [0.717, 1.165) is 24.9 Å². The third-order valence-corrected chi connectivity index (χ3v) is 5.54. The molecular formula is C17H25FN2O2S. The number of benzene rings is 1. The number of hydrogen-bond donors (Lipinski definition) is 2. The molecule has 3 unspecified atom stereocenters. The van der Waals surface area contributed by atoms with Crippen molar-refractivity contribution >= 4 is 17.7 Å². The molecule has 4 nitrogen and oxygen atoms in total. The summed E-state index contributed by atoms with van der Waals surface area (Å²) >= 11 is 1.55. The Morgan fingerprint density at radius 2 is 2.17 bits per heavy atom. The normalized spacial score (nSPS) is 21.1. The number of nitrogens with one attached hydrogen (secondary N) is 1. The zero-order valence-corrected chi connectivity index (χ0v) is 14.5. The highest BCUT2D eigenvalue weighted by molar-refractivity contribution is 7.99. The highest BCUT2D eigenvalue weighted by Gasteiger charge is 2.32. The molecule has 0 spiro atoms. The molecule has 1 amide bonds. The van der Waals surface area contributed by atoms with Gasteiger partial charge in [-0.2, -0.15) is 11.8 Å². The SMILES string of the molecule is CSC(CO)C(C)NC(=O)C1CCCN1Cc1ccc(F)cc1. The minimum Gasteiger partial charge on any atom is -0.395 e. The van der Waals surface area contributed by atoms with Crippen molar-refractivity contribution in [3.05, 3.63) is 35.6 Å². The predicted molar refractivity (Wildman–Crippen MR) is 91.8 cm³/mol. The van der Waals surface area contributed by atoms with Gasteiger partial charge in [-0.1, -0.05) is 12.1 Å². The molecule has 2 rings (SSSR count). The Morgan fingerprint density at radius 3 is 2.78 bits per heavy atom. The van der Waals surface area contributed by atoms with E-state index in [1.54, 1.807) is 23.9 Å². The van der Waals surface area contributed by atoms with Gasteiger partial charge >= 0.3 is 0 Å². The minimum absolute atomic E-state index is 0.00546. The highest BCUT2D eigenvalue weighted by Crippen LogP contribution is 2.21. The van der Waals surface area contributed by atoms with Crippen molar-refractivity contribution in [2.75, 3.05) is 19.4 Å². The molecule has 0 saturated carbocycles. The van der Waals surface area contributed by atoms with Crippen LogP contribution in [0, 0.1) is 5.82 Å². The lowest BCUT2D eigenvalue weighted by atomic mass is 10.1. The quantitative estimate of drug-likeness (QED) is 0.797. The van der Waals surface area contributed by atoms with Crippen molar-refractivity contribution in [2.24, 2.45) is 0 Å². The van der Waals surface area contributed by atoms with E-state index >= 15 is 0 Å². The van der Waals surface area contributed by atoms with Crippen LogP contribution in [0.4, 0.5) is 4.39 Å². The van der Waals surface area contributed by atoms with E-state index in [-0.39, 0.29) is 35.7 Å². The first-order valence-electron chi connectivity index (χ1n) is 7.97. The molecule has 1 fully saturated rings. The number of amides is 1. The van der Waals surface area contributed by atoms with Crippen LogP contribution >= 0.6 is 11.8 Å². The first kappa shape index (κ1) is 18.2. The summed E-state index contributed by atoms with van der Waals surface area (Å²) in [7, 11) is 0. The van der Waals surface area contributed by atoms with Gasteiger partial charge in [0.25, 0.3) is 0 Å². The number of thioether (sulfide) groups is 1. The van der Waals surface area contributed by atoms with Crippen LogP contribution in [-0.4, -0.2) is 52.7 Å². The fourth-order valence-corrected chi connectivity index (χ4v) is 3.61. The molecule has 128 valence electrons. The van der Waals surface area contributed by atoms with E-state index < -0.39 is 0 Å². The largest absolute Gasteiger partial charge is 0.395 e. The van der Waals surface area contributed by atoms with Crippen LogP contribution < -0.4 is 5.32 Å². The zero-order valence-electron chi connectivity index (χ0n) is 13.7. The zero-order chi connectivity index (χ0) is 16.8. The second kappa shape index (κ2) is 8.66. The summed E-state index contributed by atoms with van der Waals surface area (Å²) in [6.45, 7) is 3.50. The molecule has 0 aliphatic carbocycles. The van der Waals surface area contributed by atoms with Gasteiger partial charge in [0.05, 0.1) is 12.6 Å². The Bertz CT molecular complexity index is 508. The molecule has 1 aromatic rings. The second-order valence-corrected chi connectivity index (χ2v) is 7.09. The van der Waals surface area contributed by atoms with E-state index in [1.807, 2.05) is 13.2 Å². The van der Waals surface area contributed by atoms with Crippen molar-refractivity contribution in [1.29, 1.82) is 0 Å². The molecule has 1 aliphatic rings. The summed E-state index contributed by atoms with van der Waals surface area (Å²) in [6, 6.07) is 6.21. The van der Waals surface area contributed by atoms with E-state index in [1.165, 1.54) is 12.1 Å². The Labute approximate surface area is 141 Å². The fourth-order valence-electron chi connectivity index (χ4n) is 2.99. The van der Waals surface area contributed by atoms with Gasteiger partial charge in [0.1, 0.15) is 5.82 Å². The monoisotopic (exact) mass is 340 g/mol. The van der Waals surface area contributed by atoms with E-state index in [9.17, 15) is 14.3 Å². The molecule has 1 aliphatic heterocycles. The van der Waals surface area contributed by atoms with Crippen molar-refractivity contribution in [3.8, 4) is 0 Å². The van der Waals surface area contributed by atoms with Crippen LogP contribution in [0.5, 0.6) is 0 Å². The third kappa shape index (κ3) is 4.93. The molecule has 1 aromatic carbocycles. The maximum Gasteiger partial charge on any atom is 0.237 e. The molecule has 2 N–H and O–H groups in total. The van der Waals surface area contributed by atoms with Crippen molar-refractivity contribution in [3.63, 3.8) is 0 Å². The fraction of sp³-hybridized carbons (Fsp3) is 0.588. The van der Waals surface area contributed by atoms with Gasteiger partial charge in [0.2, 0.25) is 5.91 Å². The van der Waals surface area contributed by atoms with Gasteiger partial charge < -0.3 is 10.4 Å². The summed E-state index contributed by atoms with van der Waals surface area (Å²) in [4.78, 5) is 14.7. The van der Waals surface area contributed by atoms with Crippen molar-refractivity contribution in [1.82, 2.24) is 10.2 Å². The number of halogens is 1. The van der Waals surface area contributed by atoms with Crippen molar-refractivity contribution in [2.45, 2.75) is 43.6 Å². The third-order valence-electron chi connectivity index (χ3n) is 4.38. The van der Waals surface area contributed by atoms with Crippen LogP contribution in [0.3, 0.4) is 0 Å². The number of aliphatic hydroxyl groups excluding tert-OH is 1. The van der Waals surface area contributed by atoms with Gasteiger partial charge in [-0.05, 0) is 50.3 Å². The summed E-state index contributed by atoms with van der Waals surface area (Å²) in [5.41, 5.74) is 1.01. The van der Waals surface area contributed by atoms with Crippen LogP contribution in [0.25, 0.3) is 0 Å². The van der Waals surface area contributed by atoms with Gasteiger partial charge in [-0.25, -0.2) is 4.39 Å². The van der Waals surface area contributed by atoms with Gasteiger partial charge in [-0.15, -0.1) is 0 Å². The average molecular weight is 340 g/mol. The molecule has 6 heteroatoms. The van der Waals surface area contributed by atoms with Gasteiger partial charge in [0.15, 0.2) is 0 Å². The average Bonchev–Trinajstić information content (AvgIpc) is 2.99. The van der Waals surface area contributed by atoms with Crippen LogP contribution in [-0.2, 0) is 11.3 Å². The maximum absolute atomic E-state index is 13.0. The van der Waals surface area contributed by atoms with Crippen LogP contribution in [0.1, 0.15) is 25.3 Å². The highest BCUT2D eigenvalue weighted by atomic mass is 32.2. The topological polar surface area (TPSA) is 52.6 Å². The number of nitrogens with zero attached hydrogens (tertiary/aromatic N) is 1. The Morgan fingerprint density at radius 1 is 1.48 bits per heavy atom. The summed E-state index contributed by atoms with van der Waals surface area (Å²) in [6.07, 6.45) is 3.75. The maximum atomic E-state index is 13.0. The molecule has 23 heavy (non-hydrogen) atoms. The van der Waals surface area contributed by atoms with E-state index in [2.05, 4.69) is 10.2 Å². The Balaban J connectivity index is 1.95. The number of rotatable bonds is 7. The minimum atomic E-state index is -0.245. The first-order valence-corrected chi connectivity index (χ1v) is 9.26. The standard InChI is InChI=1S/C17H25FN2O2S/c1-12(16(11-21)23-2)19-17(22)15-4-3-9-20(15)10-13-5-7-14(18)8-6-13/h5-8,12,15-16,21H,3-4,9-11H2,1-2H3,(H,19,22). The molecule has 0 bridgehead atoms. The van der Waals surface area contributed by atoms with Crippen LogP contribution in [0.2, 0.25) is 0 Å². The number of carbonyl (C=O) groups is 1. The predicted octanol–water partition coefficient (Wildman–Crippen LogP) is 2.02. The lowest BCUT2D eigenvalue weighted by Crippen LogP contribution is -2.49. The summed E-state index contributed by atoms with van der Waals surface area (Å²) < 4.78 is 13.0. The summed E-state index contributed by atoms with van der Waals surface area (Å²) in [5.74, 6) is -0.227. The van der Waals surface area contributed by atoms with E-state index in [0.29, 0.717) is 6.54 Å². The molecule has 0 radical (unpaired) electrons. The first-order chi connectivity index (χ1) is 11.0. The number of likely N-dealkylation sites (tertiary alicyclic amines) is 1. The molecule has 1 heterocycles.